The summed E-state index contributed by atoms with van der Waals surface area (Å²) in [5.41, 5.74) is 2.50. The number of amides is 1. The highest BCUT2D eigenvalue weighted by Crippen LogP contribution is 2.14. The van der Waals surface area contributed by atoms with Crippen molar-refractivity contribution in [2.75, 3.05) is 13.1 Å². The van der Waals surface area contributed by atoms with Gasteiger partial charge in [0.1, 0.15) is 0 Å². The third kappa shape index (κ3) is 4.50. The van der Waals surface area contributed by atoms with Crippen molar-refractivity contribution >= 4 is 18.3 Å². The van der Waals surface area contributed by atoms with Crippen LogP contribution in [0.15, 0.2) is 24.3 Å². The van der Waals surface area contributed by atoms with Gasteiger partial charge in [0.15, 0.2) is 0 Å². The van der Waals surface area contributed by atoms with E-state index in [-0.39, 0.29) is 18.3 Å². The van der Waals surface area contributed by atoms with E-state index in [4.69, 9.17) is 0 Å². The molecule has 1 aromatic carbocycles. The number of hydrogen-bond donors (Lipinski definition) is 1. The van der Waals surface area contributed by atoms with Crippen LogP contribution >= 0.6 is 12.4 Å². The van der Waals surface area contributed by atoms with Crippen molar-refractivity contribution in [1.29, 1.82) is 0 Å². The monoisotopic (exact) mass is 296 g/mol. The van der Waals surface area contributed by atoms with Gasteiger partial charge < -0.3 is 10.2 Å². The van der Waals surface area contributed by atoms with Gasteiger partial charge in [-0.1, -0.05) is 24.3 Å². The standard InChI is InChI=1S/C16H24N2O.ClH/c1-3-18(12-14-8-5-4-7-13(14)2)16(19)11-15-9-6-10-17-15;/h4-5,7-8,15,17H,3,6,9-12H2,1-2H3;1H. The van der Waals surface area contributed by atoms with E-state index in [1.54, 1.807) is 0 Å². The second-order valence-electron chi connectivity index (χ2n) is 5.33. The number of nitrogens with one attached hydrogen (secondary N) is 1. The molecule has 1 aromatic rings. The Bertz CT molecular complexity index is 430. The summed E-state index contributed by atoms with van der Waals surface area (Å²) in [6.45, 7) is 6.72. The molecule has 4 heteroatoms. The normalized spacial score (nSPS) is 17.6. The van der Waals surface area contributed by atoms with Crippen LogP contribution < -0.4 is 5.32 Å². The summed E-state index contributed by atoms with van der Waals surface area (Å²) >= 11 is 0. The molecule has 0 bridgehead atoms. The molecule has 0 saturated carbocycles. The fourth-order valence-electron chi connectivity index (χ4n) is 2.64. The highest BCUT2D eigenvalue weighted by molar-refractivity contribution is 5.85. The molecule has 0 aromatic heterocycles. The van der Waals surface area contributed by atoms with Gasteiger partial charge in [0.05, 0.1) is 0 Å². The first-order valence-corrected chi connectivity index (χ1v) is 7.26. The van der Waals surface area contributed by atoms with E-state index in [0.717, 1.165) is 26.1 Å². The smallest absolute Gasteiger partial charge is 0.224 e. The third-order valence-electron chi connectivity index (χ3n) is 3.94. The number of carbonyl (C=O) groups excluding carboxylic acids is 1. The molecule has 1 N–H and O–H groups in total. The first-order chi connectivity index (χ1) is 9.20. The van der Waals surface area contributed by atoms with Crippen LogP contribution in [0.3, 0.4) is 0 Å². The van der Waals surface area contributed by atoms with Gasteiger partial charge in [-0.25, -0.2) is 0 Å². The van der Waals surface area contributed by atoms with E-state index in [0.29, 0.717) is 12.5 Å². The van der Waals surface area contributed by atoms with Gasteiger partial charge in [-0.05, 0) is 44.4 Å². The zero-order chi connectivity index (χ0) is 13.7. The molecular formula is C16H25ClN2O. The summed E-state index contributed by atoms with van der Waals surface area (Å²) in [7, 11) is 0. The van der Waals surface area contributed by atoms with Crippen LogP contribution in [0.1, 0.15) is 37.3 Å². The Morgan fingerprint density at radius 2 is 2.15 bits per heavy atom. The van der Waals surface area contributed by atoms with Crippen molar-refractivity contribution in [3.63, 3.8) is 0 Å². The highest BCUT2D eigenvalue weighted by Gasteiger charge is 2.21. The molecule has 0 spiro atoms. The molecule has 1 aliphatic heterocycles. The largest absolute Gasteiger partial charge is 0.339 e. The number of hydrogen-bond acceptors (Lipinski definition) is 2. The van der Waals surface area contributed by atoms with Crippen LogP contribution in [0.5, 0.6) is 0 Å². The summed E-state index contributed by atoms with van der Waals surface area (Å²) < 4.78 is 0. The number of benzene rings is 1. The van der Waals surface area contributed by atoms with Crippen LogP contribution in [-0.2, 0) is 11.3 Å². The Kier molecular flexibility index (Phi) is 7.03. The molecule has 0 radical (unpaired) electrons. The van der Waals surface area contributed by atoms with Crippen LogP contribution in [0.4, 0.5) is 0 Å². The van der Waals surface area contributed by atoms with Gasteiger partial charge in [-0.3, -0.25) is 4.79 Å². The van der Waals surface area contributed by atoms with Crippen molar-refractivity contribution in [3.05, 3.63) is 35.4 Å². The van der Waals surface area contributed by atoms with Crippen molar-refractivity contribution in [2.24, 2.45) is 0 Å². The number of halogens is 1. The quantitative estimate of drug-likeness (QED) is 0.906. The maximum absolute atomic E-state index is 12.3. The van der Waals surface area contributed by atoms with E-state index in [2.05, 4.69) is 31.3 Å². The van der Waals surface area contributed by atoms with Crippen LogP contribution in [0.25, 0.3) is 0 Å². The predicted octanol–water partition coefficient (Wildman–Crippen LogP) is 2.91. The zero-order valence-corrected chi connectivity index (χ0v) is 13.2. The lowest BCUT2D eigenvalue weighted by Crippen LogP contribution is -2.35. The van der Waals surface area contributed by atoms with Gasteiger partial charge in [-0.2, -0.15) is 0 Å². The number of rotatable bonds is 5. The molecule has 20 heavy (non-hydrogen) atoms. The summed E-state index contributed by atoms with van der Waals surface area (Å²) in [5, 5.41) is 3.39. The lowest BCUT2D eigenvalue weighted by atomic mass is 10.1. The van der Waals surface area contributed by atoms with Crippen molar-refractivity contribution in [2.45, 2.75) is 45.7 Å². The average molecular weight is 297 g/mol. The second-order valence-corrected chi connectivity index (χ2v) is 5.33. The molecule has 112 valence electrons. The maximum Gasteiger partial charge on any atom is 0.224 e. The second kappa shape index (κ2) is 8.28. The van der Waals surface area contributed by atoms with Gasteiger partial charge in [-0.15, -0.1) is 12.4 Å². The molecular weight excluding hydrogens is 272 g/mol. The minimum Gasteiger partial charge on any atom is -0.339 e. The molecule has 1 aliphatic rings. The molecule has 2 rings (SSSR count). The number of aryl methyl sites for hydroxylation is 1. The molecule has 1 unspecified atom stereocenters. The van der Waals surface area contributed by atoms with E-state index >= 15 is 0 Å². The zero-order valence-electron chi connectivity index (χ0n) is 12.4. The minimum atomic E-state index is 0. The topological polar surface area (TPSA) is 32.3 Å². The summed E-state index contributed by atoms with van der Waals surface area (Å²) in [4.78, 5) is 14.3. The van der Waals surface area contributed by atoms with Crippen LogP contribution in [-0.4, -0.2) is 29.9 Å². The first-order valence-electron chi connectivity index (χ1n) is 7.26. The Labute approximate surface area is 128 Å². The van der Waals surface area contributed by atoms with Crippen LogP contribution in [0, 0.1) is 6.92 Å². The Morgan fingerprint density at radius 3 is 2.75 bits per heavy atom. The van der Waals surface area contributed by atoms with Gasteiger partial charge in [0.25, 0.3) is 0 Å². The van der Waals surface area contributed by atoms with Crippen LogP contribution in [0.2, 0.25) is 0 Å². The lowest BCUT2D eigenvalue weighted by Gasteiger charge is -2.23. The molecule has 3 nitrogen and oxygen atoms in total. The van der Waals surface area contributed by atoms with Crippen molar-refractivity contribution in [3.8, 4) is 0 Å². The SMILES string of the molecule is CCN(Cc1ccccc1C)C(=O)CC1CCCN1.Cl. The summed E-state index contributed by atoms with van der Waals surface area (Å²) in [5.74, 6) is 0.269. The molecule has 1 fully saturated rings. The van der Waals surface area contributed by atoms with E-state index in [1.807, 2.05) is 17.0 Å². The Hall–Kier alpha value is -1.06. The minimum absolute atomic E-state index is 0. The summed E-state index contributed by atoms with van der Waals surface area (Å²) in [6, 6.07) is 8.68. The molecule has 1 amide bonds. The average Bonchev–Trinajstić information content (AvgIpc) is 2.90. The van der Waals surface area contributed by atoms with E-state index in [1.165, 1.54) is 17.5 Å². The molecule has 1 atom stereocenters. The van der Waals surface area contributed by atoms with Gasteiger partial charge in [0, 0.05) is 25.6 Å². The highest BCUT2D eigenvalue weighted by atomic mass is 35.5. The lowest BCUT2D eigenvalue weighted by molar-refractivity contribution is -0.132. The molecule has 0 aliphatic carbocycles. The fraction of sp³-hybridized carbons (Fsp3) is 0.562. The van der Waals surface area contributed by atoms with Gasteiger partial charge in [0.2, 0.25) is 5.91 Å². The predicted molar refractivity (Wildman–Crippen MR) is 85.2 cm³/mol. The third-order valence-corrected chi connectivity index (χ3v) is 3.94. The van der Waals surface area contributed by atoms with E-state index < -0.39 is 0 Å². The Balaban J connectivity index is 0.00000200. The van der Waals surface area contributed by atoms with Gasteiger partial charge >= 0.3 is 0 Å². The summed E-state index contributed by atoms with van der Waals surface area (Å²) in [6.07, 6.45) is 2.97. The van der Waals surface area contributed by atoms with Crippen molar-refractivity contribution < 1.29 is 4.79 Å². The fourth-order valence-corrected chi connectivity index (χ4v) is 2.64. The number of nitrogens with zero attached hydrogens (tertiary/aromatic N) is 1. The first kappa shape index (κ1) is 17.0. The van der Waals surface area contributed by atoms with Crippen molar-refractivity contribution in [1.82, 2.24) is 10.2 Å². The maximum atomic E-state index is 12.3. The van der Waals surface area contributed by atoms with E-state index in [9.17, 15) is 4.79 Å². The molecule has 1 heterocycles. The molecule has 1 saturated heterocycles. The Morgan fingerprint density at radius 1 is 1.40 bits per heavy atom. The number of carbonyl (C=O) groups is 1.